The van der Waals surface area contributed by atoms with Crippen LogP contribution in [0.5, 0.6) is 5.75 Å². The Hall–Kier alpha value is -2.29. The lowest BCUT2D eigenvalue weighted by Gasteiger charge is -2.23. The fourth-order valence-electron chi connectivity index (χ4n) is 3.73. The van der Waals surface area contributed by atoms with Crippen molar-refractivity contribution in [2.75, 3.05) is 0 Å². The van der Waals surface area contributed by atoms with Crippen LogP contribution < -0.4 is 10.1 Å². The molecular weight excluding hydrogens is 334 g/mol. The Kier molecular flexibility index (Phi) is 6.20. The molecule has 0 radical (unpaired) electrons. The van der Waals surface area contributed by atoms with Gasteiger partial charge in [-0.1, -0.05) is 31.2 Å². The summed E-state index contributed by atoms with van der Waals surface area (Å²) in [6, 6.07) is 12.7. The van der Waals surface area contributed by atoms with E-state index in [9.17, 15) is 4.79 Å². The molecule has 1 aliphatic carbocycles. The Morgan fingerprint density at radius 1 is 1.04 bits per heavy atom. The van der Waals surface area contributed by atoms with Gasteiger partial charge in [0.1, 0.15) is 5.75 Å². The van der Waals surface area contributed by atoms with E-state index in [0.29, 0.717) is 0 Å². The zero-order chi connectivity index (χ0) is 19.4. The van der Waals surface area contributed by atoms with Gasteiger partial charge in [0.05, 0.1) is 6.04 Å². The molecule has 0 saturated carbocycles. The second-order valence-electron chi connectivity index (χ2n) is 7.71. The van der Waals surface area contributed by atoms with Crippen LogP contribution in [0.15, 0.2) is 36.4 Å². The van der Waals surface area contributed by atoms with Crippen LogP contribution in [-0.2, 0) is 17.6 Å². The highest BCUT2D eigenvalue weighted by molar-refractivity contribution is 5.81. The van der Waals surface area contributed by atoms with Crippen LogP contribution >= 0.6 is 0 Å². The lowest BCUT2D eigenvalue weighted by Crippen LogP contribution is -2.38. The molecule has 27 heavy (non-hydrogen) atoms. The van der Waals surface area contributed by atoms with Crippen LogP contribution in [0.2, 0.25) is 0 Å². The summed E-state index contributed by atoms with van der Waals surface area (Å²) in [6.07, 6.45) is 5.22. The minimum Gasteiger partial charge on any atom is -0.481 e. The molecule has 1 aliphatic rings. The van der Waals surface area contributed by atoms with Gasteiger partial charge in [0, 0.05) is 0 Å². The van der Waals surface area contributed by atoms with Crippen molar-refractivity contribution in [2.24, 2.45) is 0 Å². The molecule has 2 aromatic carbocycles. The molecule has 144 valence electrons. The Labute approximate surface area is 163 Å². The Morgan fingerprint density at radius 3 is 2.48 bits per heavy atom. The highest BCUT2D eigenvalue weighted by atomic mass is 16.5. The van der Waals surface area contributed by atoms with Gasteiger partial charge in [-0.25, -0.2) is 0 Å². The molecule has 0 aromatic heterocycles. The monoisotopic (exact) mass is 365 g/mol. The number of ether oxygens (including phenoxy) is 1. The first-order valence-corrected chi connectivity index (χ1v) is 10.1. The number of nitrogens with one attached hydrogen (secondary N) is 1. The van der Waals surface area contributed by atoms with Crippen LogP contribution in [0, 0.1) is 13.8 Å². The molecule has 1 N–H and O–H groups in total. The van der Waals surface area contributed by atoms with E-state index in [1.807, 2.05) is 25.1 Å². The van der Waals surface area contributed by atoms with Crippen molar-refractivity contribution < 1.29 is 9.53 Å². The number of carbonyl (C=O) groups is 1. The van der Waals surface area contributed by atoms with Crippen molar-refractivity contribution >= 4 is 5.91 Å². The van der Waals surface area contributed by atoms with E-state index in [0.717, 1.165) is 18.6 Å². The minimum absolute atomic E-state index is 0.0236. The van der Waals surface area contributed by atoms with Crippen molar-refractivity contribution in [3.63, 3.8) is 0 Å². The Balaban J connectivity index is 1.66. The Morgan fingerprint density at radius 2 is 1.78 bits per heavy atom. The quantitative estimate of drug-likeness (QED) is 0.762. The van der Waals surface area contributed by atoms with E-state index in [1.54, 1.807) is 0 Å². The summed E-state index contributed by atoms with van der Waals surface area (Å²) >= 11 is 0. The zero-order valence-electron chi connectivity index (χ0n) is 17.0. The maximum absolute atomic E-state index is 12.7. The Bertz CT molecular complexity index is 812. The molecule has 0 fully saturated rings. The van der Waals surface area contributed by atoms with Crippen molar-refractivity contribution in [3.8, 4) is 5.75 Å². The first-order valence-electron chi connectivity index (χ1n) is 10.1. The molecule has 1 amide bonds. The van der Waals surface area contributed by atoms with E-state index in [-0.39, 0.29) is 11.9 Å². The number of aryl methyl sites for hydroxylation is 4. The second kappa shape index (κ2) is 8.60. The normalized spacial score (nSPS) is 15.6. The first kappa shape index (κ1) is 19.5. The number of carbonyl (C=O) groups excluding carboxylic acids is 1. The molecule has 0 unspecified atom stereocenters. The third kappa shape index (κ3) is 4.71. The molecule has 0 heterocycles. The van der Waals surface area contributed by atoms with Gasteiger partial charge < -0.3 is 10.1 Å². The van der Waals surface area contributed by atoms with Crippen LogP contribution in [0.3, 0.4) is 0 Å². The molecule has 2 atom stereocenters. The average molecular weight is 366 g/mol. The number of fused-ring (bicyclic) bond motifs is 1. The predicted molar refractivity (Wildman–Crippen MR) is 110 cm³/mol. The van der Waals surface area contributed by atoms with Crippen LogP contribution in [0.4, 0.5) is 0 Å². The molecule has 0 aliphatic heterocycles. The van der Waals surface area contributed by atoms with Gasteiger partial charge in [0.25, 0.3) is 5.91 Å². The van der Waals surface area contributed by atoms with E-state index in [1.165, 1.54) is 47.1 Å². The molecule has 3 heteroatoms. The first-order chi connectivity index (χ1) is 13.0. The van der Waals surface area contributed by atoms with Crippen molar-refractivity contribution in [2.45, 2.75) is 71.9 Å². The standard InChI is InChI=1S/C24H31NO2/c1-5-23(21-12-11-19-8-6-7-9-20(19)15-21)25-24(26)18(4)27-22-13-10-16(2)17(3)14-22/h10-15,18,23H,5-9H2,1-4H3,(H,25,26)/t18-,23+/m0/s1. The SMILES string of the molecule is CC[C@@H](NC(=O)[C@H](C)Oc1ccc(C)c(C)c1)c1ccc2c(c1)CCCC2. The van der Waals surface area contributed by atoms with Gasteiger partial charge >= 0.3 is 0 Å². The van der Waals surface area contributed by atoms with Gasteiger partial charge in [-0.3, -0.25) is 4.79 Å². The van der Waals surface area contributed by atoms with Gasteiger partial charge in [0.15, 0.2) is 6.10 Å². The molecule has 2 aromatic rings. The number of rotatable bonds is 6. The predicted octanol–water partition coefficient (Wildman–Crippen LogP) is 5.22. The lowest BCUT2D eigenvalue weighted by atomic mass is 9.89. The highest BCUT2D eigenvalue weighted by Crippen LogP contribution is 2.26. The van der Waals surface area contributed by atoms with E-state index in [2.05, 4.69) is 44.3 Å². The van der Waals surface area contributed by atoms with Crippen molar-refractivity contribution in [3.05, 3.63) is 64.2 Å². The molecule has 0 spiro atoms. The lowest BCUT2D eigenvalue weighted by molar-refractivity contribution is -0.128. The minimum atomic E-state index is -0.529. The van der Waals surface area contributed by atoms with Crippen molar-refractivity contribution in [1.82, 2.24) is 5.32 Å². The average Bonchev–Trinajstić information content (AvgIpc) is 2.68. The van der Waals surface area contributed by atoms with Gasteiger partial charge in [-0.2, -0.15) is 0 Å². The summed E-state index contributed by atoms with van der Waals surface area (Å²) in [5, 5.41) is 3.17. The summed E-state index contributed by atoms with van der Waals surface area (Å²) < 4.78 is 5.87. The topological polar surface area (TPSA) is 38.3 Å². The van der Waals surface area contributed by atoms with E-state index >= 15 is 0 Å². The van der Waals surface area contributed by atoms with Gasteiger partial charge in [-0.05, 0) is 92.8 Å². The van der Waals surface area contributed by atoms with Crippen molar-refractivity contribution in [1.29, 1.82) is 0 Å². The molecule has 0 bridgehead atoms. The van der Waals surface area contributed by atoms with E-state index < -0.39 is 6.10 Å². The number of amides is 1. The number of hydrogen-bond acceptors (Lipinski definition) is 2. The summed E-state index contributed by atoms with van der Waals surface area (Å²) in [5.74, 6) is 0.667. The highest BCUT2D eigenvalue weighted by Gasteiger charge is 2.20. The molecular formula is C24H31NO2. The third-order valence-corrected chi connectivity index (χ3v) is 5.66. The summed E-state index contributed by atoms with van der Waals surface area (Å²) in [4.78, 5) is 12.7. The summed E-state index contributed by atoms with van der Waals surface area (Å²) in [5.41, 5.74) is 6.51. The zero-order valence-corrected chi connectivity index (χ0v) is 17.0. The largest absolute Gasteiger partial charge is 0.481 e. The smallest absolute Gasteiger partial charge is 0.261 e. The third-order valence-electron chi connectivity index (χ3n) is 5.66. The van der Waals surface area contributed by atoms with Crippen LogP contribution in [-0.4, -0.2) is 12.0 Å². The van der Waals surface area contributed by atoms with Gasteiger partial charge in [0.2, 0.25) is 0 Å². The molecule has 3 nitrogen and oxygen atoms in total. The summed E-state index contributed by atoms with van der Waals surface area (Å²) in [6.45, 7) is 8.04. The number of benzene rings is 2. The fraction of sp³-hybridized carbons (Fsp3) is 0.458. The van der Waals surface area contributed by atoms with Gasteiger partial charge in [-0.15, -0.1) is 0 Å². The van der Waals surface area contributed by atoms with Crippen LogP contribution in [0.25, 0.3) is 0 Å². The number of hydrogen-bond donors (Lipinski definition) is 1. The summed E-state index contributed by atoms with van der Waals surface area (Å²) in [7, 11) is 0. The maximum Gasteiger partial charge on any atom is 0.261 e. The molecule has 0 saturated heterocycles. The second-order valence-corrected chi connectivity index (χ2v) is 7.71. The fourth-order valence-corrected chi connectivity index (χ4v) is 3.73. The van der Waals surface area contributed by atoms with E-state index in [4.69, 9.17) is 4.74 Å². The maximum atomic E-state index is 12.7. The molecule has 3 rings (SSSR count). The van der Waals surface area contributed by atoms with Crippen LogP contribution in [0.1, 0.15) is 67.0 Å².